The molecule has 0 atom stereocenters. The maximum absolute atomic E-state index is 2.47. The first-order chi connectivity index (χ1) is 37.7. The van der Waals surface area contributed by atoms with Crippen LogP contribution in [0.15, 0.2) is 285 Å². The predicted molar refractivity (Wildman–Crippen MR) is 326 cm³/mol. The second-order valence-electron chi connectivity index (χ2n) is 19.9. The van der Waals surface area contributed by atoms with Crippen molar-refractivity contribution >= 4 is 80.1 Å². The molecule has 1 aliphatic carbocycles. The van der Waals surface area contributed by atoms with Crippen LogP contribution in [0.2, 0.25) is 0 Å². The van der Waals surface area contributed by atoms with Gasteiger partial charge in [0.1, 0.15) is 0 Å². The van der Waals surface area contributed by atoms with Crippen molar-refractivity contribution in [2.24, 2.45) is 0 Å². The van der Waals surface area contributed by atoms with E-state index in [0.29, 0.717) is 0 Å². The zero-order valence-corrected chi connectivity index (χ0v) is 43.0. The molecule has 76 heavy (non-hydrogen) atoms. The minimum Gasteiger partial charge on any atom is -0.310 e. The van der Waals surface area contributed by atoms with Crippen molar-refractivity contribution in [2.75, 3.05) is 4.90 Å². The quantitative estimate of drug-likeness (QED) is 0.139. The molecule has 3 heteroatoms. The average molecular weight is 1000 g/mol. The molecule has 2 heterocycles. The smallest absolute Gasteiger partial charge is 0.0714 e. The molecular formula is C73H47NS2. The van der Waals surface area contributed by atoms with E-state index in [2.05, 4.69) is 290 Å². The minimum absolute atomic E-state index is 0.528. The highest BCUT2D eigenvalue weighted by Crippen LogP contribution is 2.57. The fraction of sp³-hybridized carbons (Fsp3) is 0.0137. The van der Waals surface area contributed by atoms with Gasteiger partial charge < -0.3 is 4.90 Å². The summed E-state index contributed by atoms with van der Waals surface area (Å²) in [5.41, 5.74) is 20.0. The average Bonchev–Trinajstić information content (AvgIpc) is 4.33. The molecule has 0 radical (unpaired) electrons. The molecule has 356 valence electrons. The molecule has 12 aromatic carbocycles. The number of benzene rings is 12. The summed E-state index contributed by atoms with van der Waals surface area (Å²) < 4.78 is 5.25. The van der Waals surface area contributed by atoms with Gasteiger partial charge in [-0.2, -0.15) is 0 Å². The zero-order chi connectivity index (χ0) is 50.2. The molecule has 2 aromatic heterocycles. The van der Waals surface area contributed by atoms with Gasteiger partial charge in [0, 0.05) is 57.4 Å². The van der Waals surface area contributed by atoms with Crippen LogP contribution >= 0.6 is 22.7 Å². The lowest BCUT2D eigenvalue weighted by Gasteiger charge is -2.35. The van der Waals surface area contributed by atoms with Crippen molar-refractivity contribution in [3.8, 4) is 55.6 Å². The molecule has 15 rings (SSSR count). The van der Waals surface area contributed by atoms with Crippen molar-refractivity contribution in [2.45, 2.75) is 5.41 Å². The van der Waals surface area contributed by atoms with E-state index >= 15 is 0 Å². The van der Waals surface area contributed by atoms with E-state index in [4.69, 9.17) is 0 Å². The Labute approximate surface area is 450 Å². The Hall–Kier alpha value is -9.12. The monoisotopic (exact) mass is 1000 g/mol. The van der Waals surface area contributed by atoms with Crippen LogP contribution < -0.4 is 4.90 Å². The Bertz CT molecular complexity index is 4320. The summed E-state index contributed by atoms with van der Waals surface area (Å²) in [4.78, 5) is 2.44. The third kappa shape index (κ3) is 7.12. The topological polar surface area (TPSA) is 3.24 Å². The van der Waals surface area contributed by atoms with Gasteiger partial charge in [-0.3, -0.25) is 0 Å². The number of hydrogen-bond acceptors (Lipinski definition) is 3. The molecule has 1 nitrogen and oxygen atoms in total. The third-order valence-electron chi connectivity index (χ3n) is 15.8. The van der Waals surface area contributed by atoms with Gasteiger partial charge in [0.05, 0.1) is 5.41 Å². The van der Waals surface area contributed by atoms with Gasteiger partial charge >= 0.3 is 0 Å². The van der Waals surface area contributed by atoms with E-state index < -0.39 is 5.41 Å². The van der Waals surface area contributed by atoms with Crippen LogP contribution in [0.5, 0.6) is 0 Å². The molecule has 0 aliphatic heterocycles. The van der Waals surface area contributed by atoms with Crippen molar-refractivity contribution in [1.82, 2.24) is 0 Å². The molecular weight excluding hydrogens is 955 g/mol. The first-order valence-electron chi connectivity index (χ1n) is 26.1. The molecule has 0 amide bonds. The van der Waals surface area contributed by atoms with Crippen molar-refractivity contribution in [1.29, 1.82) is 0 Å². The summed E-state index contributed by atoms with van der Waals surface area (Å²) in [5.74, 6) is 0. The fourth-order valence-electron chi connectivity index (χ4n) is 12.3. The van der Waals surface area contributed by atoms with Crippen LogP contribution in [0.3, 0.4) is 0 Å². The van der Waals surface area contributed by atoms with Crippen molar-refractivity contribution in [3.05, 3.63) is 307 Å². The van der Waals surface area contributed by atoms with Crippen LogP contribution in [0.4, 0.5) is 17.1 Å². The van der Waals surface area contributed by atoms with Crippen LogP contribution in [0.25, 0.3) is 96.0 Å². The molecule has 0 bridgehead atoms. The summed E-state index contributed by atoms with van der Waals surface area (Å²) in [6.45, 7) is 0. The summed E-state index contributed by atoms with van der Waals surface area (Å²) >= 11 is 3.78. The van der Waals surface area contributed by atoms with Gasteiger partial charge in [-0.15, -0.1) is 22.7 Å². The van der Waals surface area contributed by atoms with Gasteiger partial charge in [0.15, 0.2) is 0 Å². The molecule has 0 unspecified atom stereocenters. The third-order valence-corrected chi connectivity index (χ3v) is 18.2. The number of fused-ring (bicyclic) bond motifs is 9. The van der Waals surface area contributed by atoms with E-state index in [9.17, 15) is 0 Å². The van der Waals surface area contributed by atoms with E-state index in [1.165, 1.54) is 113 Å². The van der Waals surface area contributed by atoms with Gasteiger partial charge in [-0.1, -0.05) is 218 Å². The second kappa shape index (κ2) is 18.1. The van der Waals surface area contributed by atoms with Gasteiger partial charge in [-0.25, -0.2) is 0 Å². The lowest BCUT2D eigenvalue weighted by Crippen LogP contribution is -2.28. The number of hydrogen-bond donors (Lipinski definition) is 0. The largest absolute Gasteiger partial charge is 0.310 e. The maximum atomic E-state index is 2.47. The summed E-state index contributed by atoms with van der Waals surface area (Å²) in [6, 6.07) is 106. The molecule has 0 saturated carbocycles. The SMILES string of the molecule is c1ccc(-c2ccc(N(c3ccc(-c4cc(-c5cccc6c5sc5ccccc56)cc(-c5cccc6c5sc5ccccc56)c4)cc3)c3ccc4c(c3)C(c3ccccc3)(c3ccccc3)c3ccccc3-4)cc2)cc1. The molecule has 0 saturated heterocycles. The molecule has 14 aromatic rings. The van der Waals surface area contributed by atoms with Crippen LogP contribution in [0.1, 0.15) is 22.3 Å². The van der Waals surface area contributed by atoms with E-state index in [-0.39, 0.29) is 0 Å². The van der Waals surface area contributed by atoms with Crippen molar-refractivity contribution in [3.63, 3.8) is 0 Å². The Morgan fingerprint density at radius 2 is 0.658 bits per heavy atom. The van der Waals surface area contributed by atoms with Crippen LogP contribution in [-0.2, 0) is 5.41 Å². The van der Waals surface area contributed by atoms with Crippen LogP contribution in [0, 0.1) is 0 Å². The minimum atomic E-state index is -0.528. The molecule has 0 fully saturated rings. The molecule has 1 aliphatic rings. The fourth-order valence-corrected chi connectivity index (χ4v) is 14.8. The van der Waals surface area contributed by atoms with E-state index in [1.807, 2.05) is 22.7 Å². The van der Waals surface area contributed by atoms with Crippen LogP contribution in [-0.4, -0.2) is 0 Å². The number of rotatable bonds is 9. The molecule has 0 N–H and O–H groups in total. The lowest BCUT2D eigenvalue weighted by atomic mass is 9.67. The standard InChI is InChI=1S/C73H47NS2/c1-4-18-48(19-5-1)49-34-38-56(39-35-49)74(58-42-43-62-61-24-10-13-31-67(61)73(68(62)47-58,54-20-6-2-7-21-54)55-22-8-3-9-23-55)57-40-36-50(37-41-57)51-44-52(59-27-16-29-65-63-25-11-14-32-69(63)75-71(59)65)46-53(45-51)60-28-17-30-66-64-26-12-15-33-70(64)76-72(60)66/h1-47H. The zero-order valence-electron chi connectivity index (χ0n) is 41.4. The maximum Gasteiger partial charge on any atom is 0.0714 e. The predicted octanol–water partition coefficient (Wildman–Crippen LogP) is 20.9. The Morgan fingerprint density at radius 3 is 1.22 bits per heavy atom. The molecule has 0 spiro atoms. The highest BCUT2D eigenvalue weighted by atomic mass is 32.1. The first-order valence-corrected chi connectivity index (χ1v) is 27.7. The number of thiophene rings is 2. The summed E-state index contributed by atoms with van der Waals surface area (Å²) in [7, 11) is 0. The Morgan fingerprint density at radius 1 is 0.250 bits per heavy atom. The highest BCUT2D eigenvalue weighted by molar-refractivity contribution is 7.26. The van der Waals surface area contributed by atoms with Crippen molar-refractivity contribution < 1.29 is 0 Å². The Kier molecular flexibility index (Phi) is 10.6. The second-order valence-corrected chi connectivity index (χ2v) is 22.0. The normalized spacial score (nSPS) is 12.6. The van der Waals surface area contributed by atoms with Gasteiger partial charge in [0.25, 0.3) is 0 Å². The number of anilines is 3. The van der Waals surface area contributed by atoms with E-state index in [0.717, 1.165) is 22.6 Å². The summed E-state index contributed by atoms with van der Waals surface area (Å²) in [6.07, 6.45) is 0. The highest BCUT2D eigenvalue weighted by Gasteiger charge is 2.46. The Balaban J connectivity index is 0.911. The lowest BCUT2D eigenvalue weighted by molar-refractivity contribution is 0.768. The van der Waals surface area contributed by atoms with Gasteiger partial charge in [-0.05, 0) is 145 Å². The van der Waals surface area contributed by atoms with Gasteiger partial charge in [0.2, 0.25) is 0 Å². The van der Waals surface area contributed by atoms with E-state index in [1.54, 1.807) is 0 Å². The number of nitrogens with zero attached hydrogens (tertiary/aromatic N) is 1. The summed E-state index contributed by atoms with van der Waals surface area (Å²) in [5, 5.41) is 5.23. The first kappa shape index (κ1) is 44.4.